The van der Waals surface area contributed by atoms with Crippen molar-refractivity contribution in [3.8, 4) is 0 Å². The first kappa shape index (κ1) is 58.1. The molecule has 0 aromatic heterocycles. The minimum absolute atomic E-state index is 0.678. The number of nitrogens with one attached hydrogen (secondary N) is 2. The van der Waals surface area contributed by atoms with Gasteiger partial charge in [0.1, 0.15) is 140 Å². The number of carbonyl (C=O) groups is 2. The third-order valence-corrected chi connectivity index (χ3v) is 12.8. The molecule has 6 aliphatic heterocycles. The predicted molar refractivity (Wildman–Crippen MR) is 216 cm³/mol. The number of aliphatic hydroxyl groups excluding tert-OH is 17. The Labute approximate surface area is 402 Å². The summed E-state index contributed by atoms with van der Waals surface area (Å²) in [6.07, 6.45) is -51.8. The number of amides is 2. The molecule has 29 atom stereocenters. The second kappa shape index (κ2) is 25.1. The van der Waals surface area contributed by atoms with Gasteiger partial charge in [-0.1, -0.05) is 0 Å². The zero-order valence-electron chi connectivity index (χ0n) is 37.9. The van der Waals surface area contributed by atoms with Crippen molar-refractivity contribution in [1.82, 2.24) is 10.6 Å². The van der Waals surface area contributed by atoms with E-state index in [4.69, 9.17) is 52.1 Å². The van der Waals surface area contributed by atoms with Gasteiger partial charge in [-0.25, -0.2) is 0 Å². The molecule has 6 saturated heterocycles. The molecular weight excluding hydrogens is 976 g/mol. The van der Waals surface area contributed by atoms with Crippen LogP contribution in [0.25, 0.3) is 0 Å². The van der Waals surface area contributed by atoms with Crippen molar-refractivity contribution in [2.45, 2.75) is 192 Å². The second-order valence-corrected chi connectivity index (χ2v) is 17.8. The number of rotatable bonds is 17. The highest BCUT2D eigenvalue weighted by atomic mass is 16.8. The van der Waals surface area contributed by atoms with Gasteiger partial charge in [0.15, 0.2) is 37.7 Å². The van der Waals surface area contributed by atoms with Crippen LogP contribution < -0.4 is 10.6 Å². The molecule has 412 valence electrons. The molecule has 6 aliphatic rings. The van der Waals surface area contributed by atoms with Crippen LogP contribution in [-0.2, 0) is 61.7 Å². The number of carbonyl (C=O) groups excluding carboxylic acids is 2. The molecule has 0 aromatic carbocycles. The van der Waals surface area contributed by atoms with Crippen LogP contribution in [-0.4, -0.2) is 316 Å². The van der Waals surface area contributed by atoms with Gasteiger partial charge >= 0.3 is 0 Å². The lowest BCUT2D eigenvalue weighted by atomic mass is 9.93. The Balaban J connectivity index is 1.37. The number of aliphatic hydroxyl groups is 17. The summed E-state index contributed by atoms with van der Waals surface area (Å²) in [5.74, 6) is -1.57. The normalized spacial score (nSPS) is 49.8. The van der Waals surface area contributed by atoms with Crippen LogP contribution in [0, 0.1) is 0 Å². The van der Waals surface area contributed by atoms with E-state index < -0.39 is 229 Å². The van der Waals surface area contributed by atoms with Gasteiger partial charge in [0, 0.05) is 13.8 Å². The molecule has 32 heteroatoms. The van der Waals surface area contributed by atoms with Gasteiger partial charge in [-0.3, -0.25) is 9.59 Å². The van der Waals surface area contributed by atoms with E-state index in [1.165, 1.54) is 0 Å². The third-order valence-electron chi connectivity index (χ3n) is 12.8. The maximum absolute atomic E-state index is 12.7. The van der Waals surface area contributed by atoms with E-state index in [2.05, 4.69) is 10.6 Å². The van der Waals surface area contributed by atoms with Crippen molar-refractivity contribution >= 4 is 11.8 Å². The molecule has 71 heavy (non-hydrogen) atoms. The molecule has 0 spiro atoms. The zero-order chi connectivity index (χ0) is 52.3. The Morgan fingerprint density at radius 1 is 0.423 bits per heavy atom. The van der Waals surface area contributed by atoms with E-state index in [1.54, 1.807) is 0 Å². The summed E-state index contributed by atoms with van der Waals surface area (Å²) >= 11 is 0. The highest BCUT2D eigenvalue weighted by molar-refractivity contribution is 5.73. The van der Waals surface area contributed by atoms with Crippen LogP contribution in [0.15, 0.2) is 0 Å². The van der Waals surface area contributed by atoms with Gasteiger partial charge in [-0.05, 0) is 0 Å². The Kier molecular flexibility index (Phi) is 20.5. The Bertz CT molecular complexity index is 1690. The molecule has 0 aromatic rings. The topological polar surface area (TPSA) is 504 Å². The second-order valence-electron chi connectivity index (χ2n) is 17.8. The minimum Gasteiger partial charge on any atom is -0.394 e. The van der Waals surface area contributed by atoms with Gasteiger partial charge in [0.2, 0.25) is 11.8 Å². The highest BCUT2D eigenvalue weighted by Crippen LogP contribution is 2.37. The fourth-order valence-electron chi connectivity index (χ4n) is 8.91. The first-order valence-electron chi connectivity index (χ1n) is 22.5. The molecule has 0 aliphatic carbocycles. The highest BCUT2D eigenvalue weighted by Gasteiger charge is 2.58. The summed E-state index contributed by atoms with van der Waals surface area (Å²) in [7, 11) is 0. The zero-order valence-corrected chi connectivity index (χ0v) is 37.9. The van der Waals surface area contributed by atoms with Crippen LogP contribution in [0.1, 0.15) is 13.8 Å². The lowest BCUT2D eigenvalue weighted by Gasteiger charge is -2.51. The Morgan fingerprint density at radius 2 is 0.859 bits per heavy atom. The molecular formula is C39H66N2O30. The summed E-state index contributed by atoms with van der Waals surface area (Å²) in [6, 6.07) is -3.33. The average molecular weight is 1040 g/mol. The van der Waals surface area contributed by atoms with E-state index >= 15 is 0 Å². The van der Waals surface area contributed by atoms with E-state index in [0.717, 1.165) is 13.8 Å². The lowest BCUT2D eigenvalue weighted by molar-refractivity contribution is -0.404. The average Bonchev–Trinajstić information content (AvgIpc) is 3.33. The number of ether oxygens (including phenoxy) is 11. The van der Waals surface area contributed by atoms with E-state index in [-0.39, 0.29) is 0 Å². The van der Waals surface area contributed by atoms with Gasteiger partial charge in [0.25, 0.3) is 0 Å². The van der Waals surface area contributed by atoms with Crippen LogP contribution in [0.2, 0.25) is 0 Å². The van der Waals surface area contributed by atoms with Crippen molar-refractivity contribution in [3.05, 3.63) is 0 Å². The fraction of sp³-hybridized carbons (Fsp3) is 0.949. The smallest absolute Gasteiger partial charge is 0.217 e. The van der Waals surface area contributed by atoms with E-state index in [9.17, 15) is 96.4 Å². The Morgan fingerprint density at radius 3 is 1.42 bits per heavy atom. The molecule has 19 N–H and O–H groups in total. The molecule has 32 nitrogen and oxygen atoms in total. The Hall–Kier alpha value is -2.18. The largest absolute Gasteiger partial charge is 0.394 e. The molecule has 6 rings (SSSR count). The van der Waals surface area contributed by atoms with Crippen molar-refractivity contribution in [3.63, 3.8) is 0 Å². The van der Waals surface area contributed by atoms with Crippen molar-refractivity contribution in [1.29, 1.82) is 0 Å². The van der Waals surface area contributed by atoms with Crippen molar-refractivity contribution in [2.24, 2.45) is 0 Å². The number of hydrogen-bond acceptors (Lipinski definition) is 30. The van der Waals surface area contributed by atoms with Crippen LogP contribution >= 0.6 is 0 Å². The maximum atomic E-state index is 12.7. The first-order valence-corrected chi connectivity index (χ1v) is 22.5. The van der Waals surface area contributed by atoms with Gasteiger partial charge in [-0.15, -0.1) is 0 Å². The fourth-order valence-corrected chi connectivity index (χ4v) is 8.91. The minimum atomic E-state index is -2.20. The molecule has 0 radical (unpaired) electrons. The summed E-state index contributed by atoms with van der Waals surface area (Å²) < 4.78 is 63.7. The van der Waals surface area contributed by atoms with Gasteiger partial charge in [-0.2, -0.15) is 0 Å². The van der Waals surface area contributed by atoms with Crippen LogP contribution in [0.5, 0.6) is 0 Å². The molecule has 6 heterocycles. The molecule has 0 bridgehead atoms. The van der Waals surface area contributed by atoms with Crippen molar-refractivity contribution < 1.29 is 149 Å². The van der Waals surface area contributed by atoms with E-state index in [0.29, 0.717) is 0 Å². The first-order chi connectivity index (χ1) is 33.6. The number of hydrogen-bond donors (Lipinski definition) is 19. The molecule has 0 unspecified atom stereocenters. The third kappa shape index (κ3) is 12.7. The van der Waals surface area contributed by atoms with Gasteiger partial charge < -0.3 is 150 Å². The summed E-state index contributed by atoms with van der Waals surface area (Å²) in [4.78, 5) is 24.6. The molecule has 0 saturated carbocycles. The standard InChI is InChI=1S/C39H66N2O30/c1-9(46)40-17-23(53)30(14(5-44)63-34(17)60)68-35-18(41-10(2)47)24(54)31(15(6-45)66-35)69-39-33(71-37-27(57)19(49)11(48)7-61-37)32(70-38-29(59)26(56)21(51)13(4-43)65-38)22(52)16(67-39)8-62-36-28(58)25(55)20(50)12(3-42)64-36/h11-39,42-45,48-60H,3-8H2,1-2H3,(H,40,46)(H,41,47)/t11-,12-,13-,14-,15+,16-,17-,18+,19+,20-,21-,22-,23-,24+,25+,26+,27-,28+,29+,30-,31+,32+,33+,34-,35-,36+,37+,38-,39+/m0/s1. The van der Waals surface area contributed by atoms with Gasteiger partial charge in [0.05, 0.1) is 39.6 Å². The summed E-state index contributed by atoms with van der Waals surface area (Å²) in [5.41, 5.74) is 0. The lowest BCUT2D eigenvalue weighted by Crippen LogP contribution is -2.71. The quantitative estimate of drug-likeness (QED) is 0.0643. The van der Waals surface area contributed by atoms with Crippen LogP contribution in [0.3, 0.4) is 0 Å². The molecule has 6 fully saturated rings. The summed E-state index contributed by atoms with van der Waals surface area (Å²) in [6.45, 7) is -3.36. The summed E-state index contributed by atoms with van der Waals surface area (Å²) in [5, 5.41) is 186. The monoisotopic (exact) mass is 1040 g/mol. The predicted octanol–water partition coefficient (Wildman–Crippen LogP) is -13.2. The van der Waals surface area contributed by atoms with Crippen molar-refractivity contribution in [2.75, 3.05) is 39.6 Å². The van der Waals surface area contributed by atoms with Crippen LogP contribution in [0.4, 0.5) is 0 Å². The van der Waals surface area contributed by atoms with E-state index in [1.807, 2.05) is 0 Å². The maximum Gasteiger partial charge on any atom is 0.217 e. The SMILES string of the molecule is CC(=O)N[C@H]1[C@H](O[C@@H]2[C@@H](O)[C@H](NC(C)=O)[C@@H](O)O[C@H]2CO)O[C@H](CO)[C@@H](O[C@H]2O[C@@H](CO[C@@H]3O[C@@H](CO)[C@H](O)[C@@H](O)[C@H]3O)[C@H](O)[C@@H](O[C@@H]3O[C@@H](CO)[C@H](O)[C@@H](O)[C@H]3O)[C@H]2O[C@H]2OC[C@H](O)[C@@H](O)[C@@H]2O)[C@@H]1O. The molecule has 2 amide bonds.